The van der Waals surface area contributed by atoms with Crippen molar-refractivity contribution in [1.29, 1.82) is 0 Å². The van der Waals surface area contributed by atoms with E-state index in [0.717, 1.165) is 21.0 Å². The predicted octanol–water partition coefficient (Wildman–Crippen LogP) is 2.79. The van der Waals surface area contributed by atoms with Gasteiger partial charge in [0.1, 0.15) is 11.4 Å². The Morgan fingerprint density at radius 3 is 2.61 bits per heavy atom. The summed E-state index contributed by atoms with van der Waals surface area (Å²) in [5, 5.41) is 3.88. The summed E-state index contributed by atoms with van der Waals surface area (Å²) in [6, 6.07) is 0. The van der Waals surface area contributed by atoms with Crippen LogP contribution in [0.3, 0.4) is 0 Å². The topological polar surface area (TPSA) is 76.9 Å². The molecule has 0 unspecified atom stereocenters. The van der Waals surface area contributed by atoms with E-state index in [-0.39, 0.29) is 18.0 Å². The van der Waals surface area contributed by atoms with Gasteiger partial charge in [0.15, 0.2) is 5.13 Å². The van der Waals surface area contributed by atoms with Crippen molar-refractivity contribution in [1.82, 2.24) is 14.5 Å². The predicted molar refractivity (Wildman–Crippen MR) is 93.6 cm³/mol. The molecule has 3 aromatic rings. The molecule has 0 saturated carbocycles. The highest BCUT2D eigenvalue weighted by molar-refractivity contribution is 7.18. The van der Waals surface area contributed by atoms with Crippen LogP contribution >= 0.6 is 22.7 Å². The van der Waals surface area contributed by atoms with Crippen molar-refractivity contribution < 1.29 is 4.79 Å². The van der Waals surface area contributed by atoms with Crippen LogP contribution < -0.4 is 10.9 Å². The fraction of sp³-hybridized carbons (Fsp3) is 0.333. The van der Waals surface area contributed by atoms with E-state index in [1.807, 2.05) is 27.7 Å². The molecule has 0 spiro atoms. The molecule has 8 heteroatoms. The van der Waals surface area contributed by atoms with Crippen LogP contribution in [0.4, 0.5) is 5.13 Å². The summed E-state index contributed by atoms with van der Waals surface area (Å²) in [6.07, 6.45) is 1.43. The second-order valence-electron chi connectivity index (χ2n) is 5.35. The van der Waals surface area contributed by atoms with Gasteiger partial charge in [0.2, 0.25) is 5.91 Å². The third-order valence-corrected chi connectivity index (χ3v) is 5.85. The Bertz CT molecular complexity index is 948. The number of thiophene rings is 1. The molecule has 0 aromatic carbocycles. The van der Waals surface area contributed by atoms with E-state index < -0.39 is 0 Å². The third kappa shape index (κ3) is 2.91. The fourth-order valence-electron chi connectivity index (χ4n) is 2.22. The molecule has 0 radical (unpaired) electrons. The zero-order chi connectivity index (χ0) is 16.7. The Balaban J connectivity index is 1.86. The first-order chi connectivity index (χ1) is 10.9. The SMILES string of the molecule is Cc1nc(NC(=O)Cn2cnc3sc(C)c(C)c3c2=O)sc1C. The van der Waals surface area contributed by atoms with Crippen LogP contribution in [0, 0.1) is 27.7 Å². The molecule has 0 aliphatic rings. The summed E-state index contributed by atoms with van der Waals surface area (Å²) >= 11 is 2.92. The zero-order valence-corrected chi connectivity index (χ0v) is 14.9. The molecular weight excluding hydrogens is 332 g/mol. The minimum Gasteiger partial charge on any atom is -0.300 e. The number of nitrogens with one attached hydrogen (secondary N) is 1. The summed E-state index contributed by atoms with van der Waals surface area (Å²) in [5.41, 5.74) is 1.65. The lowest BCUT2D eigenvalue weighted by atomic mass is 10.2. The standard InChI is InChI=1S/C15H16N4O2S2/c1-7-9(3)22-13-12(7)14(21)19(6-16-13)5-11(20)18-15-17-8(2)10(4)23-15/h6H,5H2,1-4H3,(H,17,18,20). The molecule has 0 aliphatic heterocycles. The van der Waals surface area contributed by atoms with E-state index in [1.165, 1.54) is 33.6 Å². The maximum Gasteiger partial charge on any atom is 0.262 e. The number of fused-ring (bicyclic) bond motifs is 1. The molecule has 3 heterocycles. The van der Waals surface area contributed by atoms with Crippen molar-refractivity contribution in [2.24, 2.45) is 0 Å². The number of hydrogen-bond acceptors (Lipinski definition) is 6. The van der Waals surface area contributed by atoms with Crippen molar-refractivity contribution in [3.63, 3.8) is 0 Å². The van der Waals surface area contributed by atoms with Gasteiger partial charge in [0.05, 0.1) is 17.4 Å². The molecule has 0 bridgehead atoms. The average Bonchev–Trinajstić information content (AvgIpc) is 2.94. The lowest BCUT2D eigenvalue weighted by molar-refractivity contribution is -0.116. The number of carbonyl (C=O) groups excluding carboxylic acids is 1. The van der Waals surface area contributed by atoms with E-state index in [2.05, 4.69) is 15.3 Å². The molecule has 3 rings (SSSR count). The smallest absolute Gasteiger partial charge is 0.262 e. The van der Waals surface area contributed by atoms with Gasteiger partial charge in [0, 0.05) is 9.75 Å². The lowest BCUT2D eigenvalue weighted by Gasteiger charge is -2.05. The van der Waals surface area contributed by atoms with E-state index in [4.69, 9.17) is 0 Å². The third-order valence-electron chi connectivity index (χ3n) is 3.74. The van der Waals surface area contributed by atoms with Gasteiger partial charge in [-0.15, -0.1) is 22.7 Å². The van der Waals surface area contributed by atoms with Gasteiger partial charge in [-0.25, -0.2) is 9.97 Å². The summed E-state index contributed by atoms with van der Waals surface area (Å²) in [7, 11) is 0. The number of anilines is 1. The summed E-state index contributed by atoms with van der Waals surface area (Å²) in [6.45, 7) is 7.64. The highest BCUT2D eigenvalue weighted by Gasteiger charge is 2.14. The molecular formula is C15H16N4O2S2. The molecule has 0 fully saturated rings. The second-order valence-corrected chi connectivity index (χ2v) is 7.76. The zero-order valence-electron chi connectivity index (χ0n) is 13.3. The minimum absolute atomic E-state index is 0.0756. The van der Waals surface area contributed by atoms with Crippen molar-refractivity contribution in [2.75, 3.05) is 5.32 Å². The van der Waals surface area contributed by atoms with Gasteiger partial charge in [-0.3, -0.25) is 14.2 Å². The molecule has 3 aromatic heterocycles. The van der Waals surface area contributed by atoms with Gasteiger partial charge in [-0.05, 0) is 33.3 Å². The quantitative estimate of drug-likeness (QED) is 0.789. The van der Waals surface area contributed by atoms with Crippen LogP contribution in [0.1, 0.15) is 21.0 Å². The first-order valence-electron chi connectivity index (χ1n) is 7.06. The second kappa shape index (κ2) is 5.86. The van der Waals surface area contributed by atoms with Gasteiger partial charge < -0.3 is 5.32 Å². The molecule has 23 heavy (non-hydrogen) atoms. The Morgan fingerprint density at radius 2 is 1.96 bits per heavy atom. The number of aromatic nitrogens is 3. The normalized spacial score (nSPS) is 11.1. The molecule has 0 aliphatic carbocycles. The van der Waals surface area contributed by atoms with Crippen molar-refractivity contribution in [2.45, 2.75) is 34.2 Å². The van der Waals surface area contributed by atoms with E-state index in [1.54, 1.807) is 0 Å². The molecule has 0 saturated heterocycles. The number of aryl methyl sites for hydroxylation is 4. The number of thiazole rings is 1. The highest BCUT2D eigenvalue weighted by atomic mass is 32.1. The Morgan fingerprint density at radius 1 is 1.22 bits per heavy atom. The van der Waals surface area contributed by atoms with Crippen LogP contribution in [-0.2, 0) is 11.3 Å². The maximum atomic E-state index is 12.5. The van der Waals surface area contributed by atoms with Crippen molar-refractivity contribution >= 4 is 43.9 Å². The van der Waals surface area contributed by atoms with E-state index >= 15 is 0 Å². The molecule has 0 atom stereocenters. The van der Waals surface area contributed by atoms with E-state index in [0.29, 0.717) is 15.3 Å². The van der Waals surface area contributed by atoms with Crippen LogP contribution in [0.2, 0.25) is 0 Å². The summed E-state index contributed by atoms with van der Waals surface area (Å²) in [5.74, 6) is -0.286. The Labute approximate surface area is 140 Å². The largest absolute Gasteiger partial charge is 0.300 e. The Hall–Kier alpha value is -2.06. The van der Waals surface area contributed by atoms with Crippen molar-refractivity contribution in [3.05, 3.63) is 37.7 Å². The number of amides is 1. The van der Waals surface area contributed by atoms with Gasteiger partial charge in [-0.1, -0.05) is 0 Å². The molecule has 1 N–H and O–H groups in total. The first-order valence-corrected chi connectivity index (χ1v) is 8.69. The maximum absolute atomic E-state index is 12.5. The van der Waals surface area contributed by atoms with Gasteiger partial charge in [-0.2, -0.15) is 0 Å². The van der Waals surface area contributed by atoms with Crippen molar-refractivity contribution in [3.8, 4) is 0 Å². The average molecular weight is 348 g/mol. The number of nitrogens with zero attached hydrogens (tertiary/aromatic N) is 3. The fourth-order valence-corrected chi connectivity index (χ4v) is 4.04. The van der Waals surface area contributed by atoms with Crippen LogP contribution in [0.5, 0.6) is 0 Å². The minimum atomic E-state index is -0.286. The van der Waals surface area contributed by atoms with Gasteiger partial charge in [0.25, 0.3) is 5.56 Å². The number of carbonyl (C=O) groups is 1. The molecule has 120 valence electrons. The van der Waals surface area contributed by atoms with E-state index in [9.17, 15) is 9.59 Å². The van der Waals surface area contributed by atoms with Crippen LogP contribution in [0.25, 0.3) is 10.2 Å². The monoisotopic (exact) mass is 348 g/mol. The number of hydrogen-bond donors (Lipinski definition) is 1. The van der Waals surface area contributed by atoms with Crippen LogP contribution in [0.15, 0.2) is 11.1 Å². The first kappa shape index (κ1) is 15.8. The molecule has 1 amide bonds. The summed E-state index contributed by atoms with van der Waals surface area (Å²) < 4.78 is 1.34. The van der Waals surface area contributed by atoms with Gasteiger partial charge >= 0.3 is 0 Å². The Kier molecular flexibility index (Phi) is 4.03. The lowest BCUT2D eigenvalue weighted by Crippen LogP contribution is -2.27. The summed E-state index contributed by atoms with van der Waals surface area (Å²) in [4.78, 5) is 36.1. The molecule has 6 nitrogen and oxygen atoms in total. The highest BCUT2D eigenvalue weighted by Crippen LogP contribution is 2.25. The number of rotatable bonds is 3. The van der Waals surface area contributed by atoms with Crippen LogP contribution in [-0.4, -0.2) is 20.4 Å².